The van der Waals surface area contributed by atoms with E-state index in [4.69, 9.17) is 5.11 Å². The van der Waals surface area contributed by atoms with E-state index >= 15 is 0 Å². The molecule has 0 aliphatic rings. The Morgan fingerprint density at radius 3 is 2.50 bits per heavy atom. The fraction of sp³-hybridized carbons (Fsp3) is 0.556. The molecule has 0 bridgehead atoms. The average molecular weight is 202 g/mol. The summed E-state index contributed by atoms with van der Waals surface area (Å²) < 4.78 is 9.15. The molecule has 0 saturated carbocycles. The number of esters is 2. The molecule has 0 rings (SSSR count). The molecule has 0 heterocycles. The lowest BCUT2D eigenvalue weighted by molar-refractivity contribution is -0.146. The van der Waals surface area contributed by atoms with Gasteiger partial charge >= 0.3 is 11.9 Å². The zero-order valence-corrected chi connectivity index (χ0v) is 8.12. The second kappa shape index (κ2) is 7.08. The van der Waals surface area contributed by atoms with E-state index < -0.39 is 11.9 Å². The lowest BCUT2D eigenvalue weighted by atomic mass is 10.2. The van der Waals surface area contributed by atoms with Crippen LogP contribution in [-0.4, -0.2) is 36.9 Å². The van der Waals surface area contributed by atoms with Gasteiger partial charge in [0.1, 0.15) is 6.61 Å². The highest BCUT2D eigenvalue weighted by atomic mass is 16.5. The molecule has 0 atom stereocenters. The molecule has 80 valence electrons. The van der Waals surface area contributed by atoms with Gasteiger partial charge in [0.25, 0.3) is 0 Å². The smallest absolute Gasteiger partial charge is 0.333 e. The molecule has 0 unspecified atom stereocenters. The summed E-state index contributed by atoms with van der Waals surface area (Å²) in [4.78, 5) is 21.9. The molecule has 0 amide bonds. The van der Waals surface area contributed by atoms with Gasteiger partial charge < -0.3 is 14.6 Å². The minimum absolute atomic E-state index is 0.0507. The number of ether oxygens (including phenoxy) is 2. The monoisotopic (exact) mass is 202 g/mol. The molecular formula is C9H14O5. The Morgan fingerprint density at radius 2 is 2.00 bits per heavy atom. The first-order valence-electron chi connectivity index (χ1n) is 4.23. The highest BCUT2D eigenvalue weighted by Crippen LogP contribution is 2.02. The van der Waals surface area contributed by atoms with Crippen molar-refractivity contribution in [3.05, 3.63) is 12.2 Å². The summed E-state index contributed by atoms with van der Waals surface area (Å²) in [5.41, 5.74) is 0.0507. The van der Waals surface area contributed by atoms with Crippen molar-refractivity contribution in [3.8, 4) is 0 Å². The van der Waals surface area contributed by atoms with Crippen LogP contribution in [-0.2, 0) is 19.1 Å². The topological polar surface area (TPSA) is 72.8 Å². The molecule has 14 heavy (non-hydrogen) atoms. The summed E-state index contributed by atoms with van der Waals surface area (Å²) in [6.45, 7) is 4.97. The normalized spacial score (nSPS) is 9.29. The summed E-state index contributed by atoms with van der Waals surface area (Å²) in [5.74, 6) is -1.20. The lowest BCUT2D eigenvalue weighted by Crippen LogP contribution is -2.14. The van der Waals surface area contributed by atoms with Crippen molar-refractivity contribution in [2.75, 3.05) is 19.8 Å². The van der Waals surface area contributed by atoms with Crippen molar-refractivity contribution < 1.29 is 24.2 Å². The maximum Gasteiger partial charge on any atom is 0.333 e. The summed E-state index contributed by atoms with van der Waals surface area (Å²) in [7, 11) is 0. The van der Waals surface area contributed by atoms with Gasteiger partial charge in [-0.15, -0.1) is 0 Å². The van der Waals surface area contributed by atoms with Crippen LogP contribution >= 0.6 is 0 Å². The van der Waals surface area contributed by atoms with E-state index in [0.29, 0.717) is 0 Å². The summed E-state index contributed by atoms with van der Waals surface area (Å²) in [5, 5.41) is 8.35. The van der Waals surface area contributed by atoms with Crippen molar-refractivity contribution in [3.63, 3.8) is 0 Å². The van der Waals surface area contributed by atoms with Crippen LogP contribution in [0.2, 0.25) is 0 Å². The Bertz CT molecular complexity index is 221. The molecule has 0 saturated heterocycles. The van der Waals surface area contributed by atoms with Gasteiger partial charge in [-0.1, -0.05) is 6.58 Å². The number of hydrogen-bond acceptors (Lipinski definition) is 5. The first-order valence-corrected chi connectivity index (χ1v) is 4.23. The highest BCUT2D eigenvalue weighted by Gasteiger charge is 2.13. The number of aliphatic hydroxyl groups excluding tert-OH is 1. The van der Waals surface area contributed by atoms with Gasteiger partial charge in [-0.05, 0) is 6.92 Å². The maximum absolute atomic E-state index is 11.0. The second-order valence-corrected chi connectivity index (χ2v) is 2.44. The number of carbonyl (C=O) groups is 2. The van der Waals surface area contributed by atoms with Crippen LogP contribution in [0.5, 0.6) is 0 Å². The molecule has 0 aliphatic carbocycles. The molecule has 0 aromatic heterocycles. The lowest BCUT2D eigenvalue weighted by Gasteiger charge is -2.04. The van der Waals surface area contributed by atoms with Crippen LogP contribution < -0.4 is 0 Å². The summed E-state index contributed by atoms with van der Waals surface area (Å²) in [6, 6.07) is 0. The Morgan fingerprint density at radius 1 is 1.36 bits per heavy atom. The van der Waals surface area contributed by atoms with Crippen LogP contribution in [0.25, 0.3) is 0 Å². The van der Waals surface area contributed by atoms with E-state index in [9.17, 15) is 9.59 Å². The number of aliphatic hydroxyl groups is 1. The zero-order chi connectivity index (χ0) is 11.0. The molecule has 0 fully saturated rings. The fourth-order valence-electron chi connectivity index (χ4n) is 0.690. The quantitative estimate of drug-likeness (QED) is 0.486. The minimum Gasteiger partial charge on any atom is -0.463 e. The Labute approximate surface area is 82.3 Å². The van der Waals surface area contributed by atoms with E-state index in [2.05, 4.69) is 16.1 Å². The molecule has 5 heteroatoms. The standard InChI is InChI=1S/C9H14O5/c1-3-13-9(12)7(2)6-8(11)14-5-4-10/h10H,2-6H2,1H3. The van der Waals surface area contributed by atoms with Crippen molar-refractivity contribution in [1.82, 2.24) is 0 Å². The third kappa shape index (κ3) is 5.31. The van der Waals surface area contributed by atoms with Gasteiger partial charge in [0.15, 0.2) is 0 Å². The molecule has 0 aliphatic heterocycles. The predicted molar refractivity (Wildman–Crippen MR) is 48.4 cm³/mol. The van der Waals surface area contributed by atoms with Gasteiger partial charge in [-0.25, -0.2) is 4.79 Å². The van der Waals surface area contributed by atoms with E-state index in [1.165, 1.54) is 0 Å². The van der Waals surface area contributed by atoms with Crippen LogP contribution in [0, 0.1) is 0 Å². The fourth-order valence-corrected chi connectivity index (χ4v) is 0.690. The second-order valence-electron chi connectivity index (χ2n) is 2.44. The summed E-state index contributed by atoms with van der Waals surface area (Å²) in [6.07, 6.45) is -0.209. The van der Waals surface area contributed by atoms with Crippen LogP contribution in [0.3, 0.4) is 0 Å². The van der Waals surface area contributed by atoms with Gasteiger partial charge in [-0.2, -0.15) is 0 Å². The highest BCUT2D eigenvalue weighted by molar-refractivity contribution is 5.93. The molecule has 0 radical (unpaired) electrons. The van der Waals surface area contributed by atoms with E-state index in [-0.39, 0.29) is 31.8 Å². The van der Waals surface area contributed by atoms with Crippen LogP contribution in [0.1, 0.15) is 13.3 Å². The Balaban J connectivity index is 3.81. The predicted octanol–water partition coefficient (Wildman–Crippen LogP) is 0.0313. The molecular weight excluding hydrogens is 188 g/mol. The van der Waals surface area contributed by atoms with Gasteiger partial charge in [0, 0.05) is 5.57 Å². The number of carbonyl (C=O) groups excluding carboxylic acids is 2. The van der Waals surface area contributed by atoms with Crippen molar-refractivity contribution in [2.24, 2.45) is 0 Å². The van der Waals surface area contributed by atoms with Crippen molar-refractivity contribution in [2.45, 2.75) is 13.3 Å². The van der Waals surface area contributed by atoms with E-state index in [1.807, 2.05) is 0 Å². The maximum atomic E-state index is 11.0. The van der Waals surface area contributed by atoms with Gasteiger partial charge in [-0.3, -0.25) is 4.79 Å². The largest absolute Gasteiger partial charge is 0.463 e. The molecule has 0 aromatic carbocycles. The van der Waals surface area contributed by atoms with Crippen LogP contribution in [0.4, 0.5) is 0 Å². The number of hydrogen-bond donors (Lipinski definition) is 1. The first-order chi connectivity index (χ1) is 6.61. The van der Waals surface area contributed by atoms with E-state index in [1.54, 1.807) is 6.92 Å². The third-order valence-electron chi connectivity index (χ3n) is 1.28. The zero-order valence-electron chi connectivity index (χ0n) is 8.12. The minimum atomic E-state index is -0.603. The SMILES string of the molecule is C=C(CC(=O)OCCO)C(=O)OCC. The summed E-state index contributed by atoms with van der Waals surface area (Å²) >= 11 is 0. The third-order valence-corrected chi connectivity index (χ3v) is 1.28. The van der Waals surface area contributed by atoms with Crippen LogP contribution in [0.15, 0.2) is 12.2 Å². The van der Waals surface area contributed by atoms with Gasteiger partial charge in [0.2, 0.25) is 0 Å². The van der Waals surface area contributed by atoms with Crippen molar-refractivity contribution >= 4 is 11.9 Å². The molecule has 0 aromatic rings. The van der Waals surface area contributed by atoms with E-state index in [0.717, 1.165) is 0 Å². The van der Waals surface area contributed by atoms with Crippen molar-refractivity contribution in [1.29, 1.82) is 0 Å². The Kier molecular flexibility index (Phi) is 6.39. The first kappa shape index (κ1) is 12.6. The molecule has 1 N–H and O–H groups in total. The average Bonchev–Trinajstić information content (AvgIpc) is 2.15. The molecule has 5 nitrogen and oxygen atoms in total. The van der Waals surface area contributed by atoms with Gasteiger partial charge in [0.05, 0.1) is 19.6 Å². The number of rotatable bonds is 6. The molecule has 0 spiro atoms. The Hall–Kier alpha value is -1.36.